The lowest BCUT2D eigenvalue weighted by atomic mass is 9.63. The lowest BCUT2D eigenvalue weighted by Crippen LogP contribution is -2.59. The number of carbonyl (C=O) groups is 1. The molecule has 55 heavy (non-hydrogen) atoms. The topological polar surface area (TPSA) is 101 Å². The van der Waals surface area contributed by atoms with Crippen LogP contribution in [0.5, 0.6) is 5.75 Å². The normalized spacial score (nSPS) is 32.1. The van der Waals surface area contributed by atoms with Crippen molar-refractivity contribution in [2.24, 2.45) is 17.8 Å². The Kier molecular flexibility index (Phi) is 12.3. The van der Waals surface area contributed by atoms with Gasteiger partial charge in [0, 0.05) is 88.7 Å². The van der Waals surface area contributed by atoms with E-state index in [2.05, 4.69) is 57.6 Å². The van der Waals surface area contributed by atoms with Crippen LogP contribution in [0.4, 0.5) is 5.69 Å². The second kappa shape index (κ2) is 16.7. The number of anilines is 1. The Morgan fingerprint density at radius 2 is 1.87 bits per heavy atom. The van der Waals surface area contributed by atoms with Crippen LogP contribution >= 0.6 is 11.6 Å². The van der Waals surface area contributed by atoms with Crippen LogP contribution < -0.4 is 14.4 Å². The highest BCUT2D eigenvalue weighted by Crippen LogP contribution is 2.49. The number of fused-ring (bicyclic) bond motifs is 4. The summed E-state index contributed by atoms with van der Waals surface area (Å²) in [7, 11) is -0.635. The van der Waals surface area contributed by atoms with E-state index >= 15 is 0 Å². The fourth-order valence-corrected chi connectivity index (χ4v) is 12.1. The second-order valence-corrected chi connectivity index (χ2v) is 19.5. The van der Waals surface area contributed by atoms with Gasteiger partial charge in [0.25, 0.3) is 5.91 Å². The van der Waals surface area contributed by atoms with E-state index in [9.17, 15) is 13.2 Å². The molecule has 7 rings (SSSR count). The minimum absolute atomic E-state index is 0.251. The van der Waals surface area contributed by atoms with Gasteiger partial charge in [0.05, 0.1) is 17.5 Å². The number of sulfonamides is 1. The van der Waals surface area contributed by atoms with Crippen molar-refractivity contribution >= 4 is 33.2 Å². The maximum absolute atomic E-state index is 14.0. The summed E-state index contributed by atoms with van der Waals surface area (Å²) in [5.41, 5.74) is 2.85. The molecular formula is C43H61ClN4O6S. The molecule has 0 aromatic heterocycles. The van der Waals surface area contributed by atoms with E-state index in [0.717, 1.165) is 82.1 Å². The van der Waals surface area contributed by atoms with E-state index in [1.54, 1.807) is 13.2 Å². The van der Waals surface area contributed by atoms with Gasteiger partial charge < -0.3 is 19.1 Å². The predicted octanol–water partition coefficient (Wildman–Crippen LogP) is 6.31. The summed E-state index contributed by atoms with van der Waals surface area (Å²) in [6.45, 7) is 13.5. The first-order valence-electron chi connectivity index (χ1n) is 20.4. The molecule has 10 nitrogen and oxygen atoms in total. The number of nitrogens with one attached hydrogen (secondary N) is 1. The van der Waals surface area contributed by atoms with Crippen LogP contribution in [-0.4, -0.2) is 114 Å². The van der Waals surface area contributed by atoms with Crippen LogP contribution in [0.25, 0.3) is 0 Å². The van der Waals surface area contributed by atoms with Crippen molar-refractivity contribution in [2.45, 2.75) is 88.0 Å². The Hall–Kier alpha value is -2.67. The van der Waals surface area contributed by atoms with Crippen molar-refractivity contribution in [3.63, 3.8) is 0 Å². The van der Waals surface area contributed by atoms with Crippen molar-refractivity contribution < 1.29 is 27.4 Å². The number of carbonyl (C=O) groups excluding carboxylic acids is 1. The van der Waals surface area contributed by atoms with Crippen LogP contribution in [0, 0.1) is 17.8 Å². The van der Waals surface area contributed by atoms with E-state index < -0.39 is 26.8 Å². The van der Waals surface area contributed by atoms with Gasteiger partial charge in [-0.15, -0.1) is 0 Å². The van der Waals surface area contributed by atoms with E-state index in [4.69, 9.17) is 25.8 Å². The van der Waals surface area contributed by atoms with Crippen LogP contribution in [-0.2, 0) is 31.3 Å². The van der Waals surface area contributed by atoms with Gasteiger partial charge in [-0.25, -0.2) is 13.1 Å². The van der Waals surface area contributed by atoms with Crippen molar-refractivity contribution in [3.05, 3.63) is 70.3 Å². The number of methoxy groups -OCH3 is 2. The smallest absolute Gasteiger partial charge is 0.264 e. The molecule has 0 unspecified atom stereocenters. The lowest BCUT2D eigenvalue weighted by molar-refractivity contribution is -0.0961. The molecule has 3 heterocycles. The third-order valence-corrected chi connectivity index (χ3v) is 15.8. The van der Waals surface area contributed by atoms with Gasteiger partial charge in [0.15, 0.2) is 0 Å². The first kappa shape index (κ1) is 40.5. The zero-order valence-corrected chi connectivity index (χ0v) is 35.0. The highest BCUT2D eigenvalue weighted by Gasteiger charge is 2.50. The van der Waals surface area contributed by atoms with Crippen LogP contribution in [0.3, 0.4) is 0 Å². The third-order valence-electron chi connectivity index (χ3n) is 13.6. The number of halogens is 1. The summed E-state index contributed by atoms with van der Waals surface area (Å²) in [6.07, 6.45) is 10.3. The van der Waals surface area contributed by atoms with Crippen molar-refractivity contribution in [1.29, 1.82) is 0 Å². The Balaban J connectivity index is 1.30. The summed E-state index contributed by atoms with van der Waals surface area (Å²) in [5.74, 6) is 0.387. The molecule has 2 aromatic rings. The molecule has 2 fully saturated rings. The lowest BCUT2D eigenvalue weighted by Gasteiger charge is -2.52. The number of piperazine rings is 1. The molecule has 1 N–H and O–H groups in total. The minimum Gasteiger partial charge on any atom is -0.490 e. The molecule has 3 aliphatic heterocycles. The number of nitrogens with zero attached hydrogens (tertiary/aromatic N) is 3. The van der Waals surface area contributed by atoms with Gasteiger partial charge in [-0.3, -0.25) is 14.6 Å². The standard InChI is InChI=1S/C43H61ClN4O6S/c1-30(2)47-21-19-46(20-22-47)28-43(53-5)18-6-8-31(3)40(16-23-52-4)55(50,51)45-41(49)33-11-15-39-38(25-33)48(26-34-10-13-37(34)43)27-42(29-54-39)17-7-9-32-24-35(44)12-14-36(32)42/h6,11-12,14-15,18,24-25,30-31,34,37,40H,7-10,13,16-17,19-23,26-29H2,1-5H3,(H,45,49)/b18-6+/t31-,34-,37+,40+,42-,43-/m0/s1. The molecule has 0 radical (unpaired) electrons. The Morgan fingerprint density at radius 3 is 2.58 bits per heavy atom. The number of hydrogen-bond acceptors (Lipinski definition) is 9. The van der Waals surface area contributed by atoms with Crippen molar-refractivity contribution in [3.8, 4) is 5.75 Å². The number of benzene rings is 2. The number of rotatable bonds is 7. The largest absolute Gasteiger partial charge is 0.490 e. The Labute approximate surface area is 333 Å². The summed E-state index contributed by atoms with van der Waals surface area (Å²) >= 11 is 6.52. The van der Waals surface area contributed by atoms with E-state index in [0.29, 0.717) is 42.8 Å². The molecule has 1 saturated heterocycles. The van der Waals surface area contributed by atoms with Gasteiger partial charge in [0.2, 0.25) is 10.0 Å². The molecule has 2 aromatic carbocycles. The molecule has 6 atom stereocenters. The highest BCUT2D eigenvalue weighted by molar-refractivity contribution is 7.90. The molecule has 302 valence electrons. The molecule has 2 aliphatic carbocycles. The third kappa shape index (κ3) is 8.35. The summed E-state index contributed by atoms with van der Waals surface area (Å²) in [6, 6.07) is 12.2. The summed E-state index contributed by atoms with van der Waals surface area (Å²) in [5, 5.41) is -0.0816. The summed E-state index contributed by atoms with van der Waals surface area (Å²) < 4.78 is 49.4. The van der Waals surface area contributed by atoms with Gasteiger partial charge in [0.1, 0.15) is 11.4 Å². The van der Waals surface area contributed by atoms with Crippen LogP contribution in [0.15, 0.2) is 48.6 Å². The fraction of sp³-hybridized carbons (Fsp3) is 0.651. The van der Waals surface area contributed by atoms with Crippen molar-refractivity contribution in [2.75, 3.05) is 78.1 Å². The number of allylic oxidation sites excluding steroid dienone is 1. The molecule has 5 aliphatic rings. The maximum Gasteiger partial charge on any atom is 0.264 e. The Morgan fingerprint density at radius 1 is 1.07 bits per heavy atom. The quantitative estimate of drug-likeness (QED) is 0.324. The first-order chi connectivity index (χ1) is 26.4. The van der Waals surface area contributed by atoms with Gasteiger partial charge in [-0.05, 0) is 118 Å². The van der Waals surface area contributed by atoms with Gasteiger partial charge in [-0.1, -0.05) is 36.7 Å². The second-order valence-electron chi connectivity index (χ2n) is 17.2. The number of aryl methyl sites for hydroxylation is 1. The summed E-state index contributed by atoms with van der Waals surface area (Å²) in [4.78, 5) is 21.4. The highest BCUT2D eigenvalue weighted by atomic mass is 35.5. The average Bonchev–Trinajstić information content (AvgIpc) is 3.29. The first-order valence-corrected chi connectivity index (χ1v) is 22.3. The van der Waals surface area contributed by atoms with Crippen LogP contribution in [0.1, 0.15) is 80.8 Å². The van der Waals surface area contributed by atoms with Crippen molar-refractivity contribution in [1.82, 2.24) is 14.5 Å². The molecule has 1 amide bonds. The van der Waals surface area contributed by atoms with E-state index in [-0.39, 0.29) is 30.3 Å². The number of ether oxygens (including phenoxy) is 3. The zero-order chi connectivity index (χ0) is 39.0. The molecule has 1 saturated carbocycles. The van der Waals surface area contributed by atoms with Gasteiger partial charge >= 0.3 is 0 Å². The number of hydrogen-bond donors (Lipinski definition) is 1. The zero-order valence-electron chi connectivity index (χ0n) is 33.4. The van der Waals surface area contributed by atoms with E-state index in [1.807, 2.05) is 32.2 Å². The molecule has 12 heteroatoms. The monoisotopic (exact) mass is 796 g/mol. The van der Waals surface area contributed by atoms with Gasteiger partial charge in [-0.2, -0.15) is 0 Å². The van der Waals surface area contributed by atoms with E-state index in [1.165, 1.54) is 11.1 Å². The molecule has 2 bridgehead atoms. The van der Waals surface area contributed by atoms with Crippen LogP contribution in [0.2, 0.25) is 5.02 Å². The molecular weight excluding hydrogens is 736 g/mol. The Bertz CT molecular complexity index is 1830. The maximum atomic E-state index is 14.0. The SMILES string of the molecule is COCC[C@@H]1[C@@H](C)C/C=C/[C@@](CN2CCN(C(C)C)CC2)(OC)[C@@H]2CC[C@H]2CN2C[C@@]3(CCCc4cc(Cl)ccc43)COc3ccc(cc32)C(=O)NS1(=O)=O. The fourth-order valence-electron chi connectivity index (χ4n) is 10.2. The molecule has 1 spiro atoms. The number of amides is 1. The average molecular weight is 798 g/mol. The minimum atomic E-state index is -4.06. The predicted molar refractivity (Wildman–Crippen MR) is 219 cm³/mol.